The van der Waals surface area contributed by atoms with Crippen LogP contribution in [0.25, 0.3) is 0 Å². The molecule has 0 heterocycles. The monoisotopic (exact) mass is 745 g/mol. The first kappa shape index (κ1) is 47.2. The van der Waals surface area contributed by atoms with Crippen LogP contribution in [-0.4, -0.2) is 91.8 Å². The summed E-state index contributed by atoms with van der Waals surface area (Å²) in [4.78, 5) is 35.6. The van der Waals surface area contributed by atoms with E-state index < -0.39 is 48.3 Å². The van der Waals surface area contributed by atoms with Crippen molar-refractivity contribution in [2.45, 2.75) is 154 Å². The number of hydrogen-bond acceptors (Lipinski definition) is 9. The van der Waals surface area contributed by atoms with Crippen LogP contribution in [-0.2, 0) is 37.4 Å². The molecule has 0 aliphatic rings. The van der Waals surface area contributed by atoms with Crippen LogP contribution < -0.4 is 5.32 Å². The summed E-state index contributed by atoms with van der Waals surface area (Å²) in [7, 11) is -6.11. The predicted molar refractivity (Wildman–Crippen MR) is 206 cm³/mol. The molecule has 0 atom stereocenters. The molecule has 0 aliphatic carbocycles. The molecule has 0 aliphatic heterocycles. The Kier molecular flexibility index (Phi) is 20.8. The second-order valence-electron chi connectivity index (χ2n) is 15.0. The zero-order valence-corrected chi connectivity index (χ0v) is 36.1. The molecule has 1 amide bonds. The van der Waals surface area contributed by atoms with Gasteiger partial charge < -0.3 is 33.1 Å². The lowest BCUT2D eigenvalue weighted by molar-refractivity contribution is -0.144. The van der Waals surface area contributed by atoms with Crippen molar-refractivity contribution >= 4 is 42.7 Å². The molecule has 1 N–H and O–H groups in total. The van der Waals surface area contributed by atoms with Crippen LogP contribution in [0.3, 0.4) is 0 Å². The summed E-state index contributed by atoms with van der Waals surface area (Å²) < 4.78 is 36.1. The van der Waals surface area contributed by atoms with Gasteiger partial charge in [0.25, 0.3) is 0 Å². The number of carbonyl (C=O) groups is 3. The molecule has 0 aromatic rings. The first-order valence-electron chi connectivity index (χ1n) is 18.2. The van der Waals surface area contributed by atoms with E-state index in [0.717, 1.165) is 50.3 Å². The largest absolute Gasteiger partial charge is 0.460 e. The van der Waals surface area contributed by atoms with E-state index in [0.29, 0.717) is 6.61 Å². The minimum Gasteiger partial charge on any atom is -0.460 e. The normalized spacial score (nSPS) is 13.1. The van der Waals surface area contributed by atoms with Crippen LogP contribution in [0.4, 0.5) is 4.79 Å². The predicted octanol–water partition coefficient (Wildman–Crippen LogP) is 8.48. The molecule has 0 saturated heterocycles. The number of esters is 2. The second-order valence-corrected chi connectivity index (χ2v) is 28.6. The Morgan fingerprint density at radius 1 is 0.673 bits per heavy atom. The van der Waals surface area contributed by atoms with Gasteiger partial charge in [-0.25, -0.2) is 14.4 Å². The number of unbranched alkanes of at least 4 members (excludes halogenated alkanes) is 1. The third-order valence-corrected chi connectivity index (χ3v) is 21.7. The highest BCUT2D eigenvalue weighted by molar-refractivity contribution is 6.83. The number of carbonyl (C=O) groups excluding carboxylic acids is 3. The lowest BCUT2D eigenvalue weighted by Gasteiger charge is -2.55. The third kappa shape index (κ3) is 15.2. The van der Waals surface area contributed by atoms with Gasteiger partial charge in [-0.1, -0.05) is 79.8 Å². The summed E-state index contributed by atoms with van der Waals surface area (Å²) in [6.07, 6.45) is 8.44. The van der Waals surface area contributed by atoms with E-state index in [1.807, 2.05) is 0 Å². The van der Waals surface area contributed by atoms with Gasteiger partial charge >= 0.3 is 18.0 Å². The molecule has 49 heavy (non-hydrogen) atoms. The number of alkyl carbamates (subject to hydrolysis) is 1. The number of ether oxygens (including phenoxy) is 4. The molecular formula is C36H71NO9Si3. The number of nitrogens with one attached hydrogen (secondary N) is 1. The van der Waals surface area contributed by atoms with Gasteiger partial charge in [-0.15, -0.1) is 0 Å². The molecule has 0 bridgehead atoms. The maximum Gasteiger partial charge on any atom is 0.407 e. The van der Waals surface area contributed by atoms with Gasteiger partial charge in [0.15, 0.2) is 8.32 Å². The molecular weight excluding hydrogens is 675 g/mol. The number of hydrogen-bond donors (Lipinski definition) is 1. The van der Waals surface area contributed by atoms with Crippen LogP contribution in [0.2, 0.25) is 51.4 Å². The summed E-state index contributed by atoms with van der Waals surface area (Å²) in [6, 6.07) is 2.23. The fraction of sp³-hybridized carbons (Fsp3) is 0.806. The van der Waals surface area contributed by atoms with Gasteiger partial charge in [0.05, 0.1) is 19.9 Å². The Balaban J connectivity index is 5.29. The summed E-state index contributed by atoms with van der Waals surface area (Å²) in [6.45, 7) is 34.4. The molecule has 286 valence electrons. The minimum absolute atomic E-state index is 0.0341. The number of amides is 1. The van der Waals surface area contributed by atoms with Crippen LogP contribution in [0.5, 0.6) is 0 Å². The SMILES string of the molecule is C=CC(=O)OCC(C)(COC(=O)C=C)NC(=O)OCCOCCC[Si](C)(C)C(CC)(CC)O[Si](C)(C)C(CC)(CC)O[Si](C)(C)CCCC. The van der Waals surface area contributed by atoms with Crippen molar-refractivity contribution in [2.75, 3.05) is 33.0 Å². The van der Waals surface area contributed by atoms with Crippen LogP contribution in [0.15, 0.2) is 25.3 Å². The summed E-state index contributed by atoms with van der Waals surface area (Å²) in [5, 5.41) is 2.24. The van der Waals surface area contributed by atoms with E-state index in [1.165, 1.54) is 18.9 Å². The highest BCUT2D eigenvalue weighted by Gasteiger charge is 2.56. The maximum absolute atomic E-state index is 12.5. The Morgan fingerprint density at radius 3 is 1.63 bits per heavy atom. The van der Waals surface area contributed by atoms with Crippen molar-refractivity contribution in [1.29, 1.82) is 0 Å². The van der Waals surface area contributed by atoms with Crippen molar-refractivity contribution in [3.63, 3.8) is 0 Å². The Bertz CT molecular complexity index is 1020. The lowest BCUT2D eigenvalue weighted by Crippen LogP contribution is -2.68. The van der Waals surface area contributed by atoms with Gasteiger partial charge in [-0.05, 0) is 71.3 Å². The van der Waals surface area contributed by atoms with Gasteiger partial charge in [0.2, 0.25) is 8.32 Å². The van der Waals surface area contributed by atoms with Crippen molar-refractivity contribution < 1.29 is 42.2 Å². The highest BCUT2D eigenvalue weighted by Crippen LogP contribution is 2.44. The minimum atomic E-state index is -2.33. The Morgan fingerprint density at radius 2 is 1.18 bits per heavy atom. The average molecular weight is 746 g/mol. The van der Waals surface area contributed by atoms with E-state index in [1.54, 1.807) is 6.92 Å². The number of rotatable bonds is 27. The molecule has 0 aromatic carbocycles. The smallest absolute Gasteiger partial charge is 0.407 e. The van der Waals surface area contributed by atoms with Gasteiger partial charge in [0, 0.05) is 24.0 Å². The molecule has 0 saturated carbocycles. The van der Waals surface area contributed by atoms with Crippen molar-refractivity contribution in [3.05, 3.63) is 25.3 Å². The second kappa shape index (κ2) is 21.6. The average Bonchev–Trinajstić information content (AvgIpc) is 3.05. The molecule has 0 radical (unpaired) electrons. The van der Waals surface area contributed by atoms with Crippen LogP contribution >= 0.6 is 0 Å². The van der Waals surface area contributed by atoms with E-state index in [9.17, 15) is 14.4 Å². The first-order chi connectivity index (χ1) is 22.7. The van der Waals surface area contributed by atoms with E-state index >= 15 is 0 Å². The zero-order valence-electron chi connectivity index (χ0n) is 33.1. The van der Waals surface area contributed by atoms with E-state index in [2.05, 4.69) is 92.4 Å². The molecule has 0 fully saturated rings. The fourth-order valence-electron chi connectivity index (χ4n) is 6.74. The summed E-state index contributed by atoms with van der Waals surface area (Å²) in [5.41, 5.74) is -1.22. The highest BCUT2D eigenvalue weighted by atomic mass is 28.4. The van der Waals surface area contributed by atoms with Crippen molar-refractivity contribution in [3.8, 4) is 0 Å². The Labute approximate surface area is 301 Å². The topological polar surface area (TPSA) is 119 Å². The molecule has 13 heteroatoms. The Hall–Kier alpha value is -1.78. The molecule has 0 rings (SSSR count). The fourth-order valence-corrected chi connectivity index (χ4v) is 19.6. The van der Waals surface area contributed by atoms with E-state index in [4.69, 9.17) is 27.8 Å². The van der Waals surface area contributed by atoms with Crippen LogP contribution in [0, 0.1) is 0 Å². The van der Waals surface area contributed by atoms with E-state index in [-0.39, 0.29) is 36.9 Å². The lowest BCUT2D eigenvalue weighted by atomic mass is 10.1. The zero-order chi connectivity index (χ0) is 38.0. The van der Waals surface area contributed by atoms with Gasteiger partial charge in [-0.2, -0.15) is 0 Å². The quantitative estimate of drug-likeness (QED) is 0.0290. The first-order valence-corrected chi connectivity index (χ1v) is 27.5. The maximum atomic E-state index is 12.5. The molecule has 0 spiro atoms. The van der Waals surface area contributed by atoms with Crippen molar-refractivity contribution in [2.24, 2.45) is 0 Å². The summed E-state index contributed by atoms with van der Waals surface area (Å²) in [5.74, 6) is -1.34. The molecule has 0 aromatic heterocycles. The van der Waals surface area contributed by atoms with Crippen LogP contribution in [0.1, 0.15) is 86.5 Å². The standard InChI is InChI=1S/C36H71NO9Si3/c1-15-22-28-48(11,12)45-36(20-6,21-7)49(13,14)46-35(18-4,19-5)47(9,10)27-23-24-41-25-26-42-33(40)37-34(8,29-43-31(38)16-2)30-44-32(39)17-3/h16-17H,2-3,15,18-30H2,1,4-14H3,(H,37,40). The van der Waals surface area contributed by atoms with Gasteiger partial charge in [0.1, 0.15) is 25.4 Å². The third-order valence-electron chi connectivity index (χ3n) is 10.0. The summed E-state index contributed by atoms with van der Waals surface area (Å²) >= 11 is 0. The van der Waals surface area contributed by atoms with Gasteiger partial charge in [-0.3, -0.25) is 0 Å². The molecule has 0 unspecified atom stereocenters. The van der Waals surface area contributed by atoms with Crippen molar-refractivity contribution in [1.82, 2.24) is 5.32 Å². The molecule has 10 nitrogen and oxygen atoms in total.